The van der Waals surface area contributed by atoms with E-state index in [9.17, 15) is 0 Å². The van der Waals surface area contributed by atoms with Crippen LogP contribution in [-0.4, -0.2) is 46.6 Å². The molecule has 4 atom stereocenters. The number of rotatable bonds is 3. The zero-order chi connectivity index (χ0) is 17.2. The molecule has 4 unspecified atom stereocenters. The summed E-state index contributed by atoms with van der Waals surface area (Å²) in [4.78, 5) is 11.3. The highest BCUT2D eigenvalue weighted by Gasteiger charge is 2.44. The summed E-state index contributed by atoms with van der Waals surface area (Å²) in [6, 6.07) is 1.15. The number of nitrogens with one attached hydrogen (secondary N) is 1. The average molecular weight is 471 g/mol. The minimum Gasteiger partial charge on any atom is -0.353 e. The quantitative estimate of drug-likeness (QED) is 0.413. The van der Waals surface area contributed by atoms with Crippen LogP contribution in [0, 0.1) is 17.8 Å². The van der Waals surface area contributed by atoms with E-state index in [0.717, 1.165) is 30.9 Å². The van der Waals surface area contributed by atoms with Gasteiger partial charge in [0.25, 0.3) is 0 Å². The summed E-state index contributed by atoms with van der Waals surface area (Å²) in [5.74, 6) is 3.65. The Kier molecular flexibility index (Phi) is 6.86. The molecule has 1 aromatic rings. The Balaban J connectivity index is 0.00000196. The minimum absolute atomic E-state index is 0. The van der Waals surface area contributed by atoms with Crippen molar-refractivity contribution in [3.63, 3.8) is 0 Å². The Morgan fingerprint density at radius 2 is 2.00 bits per heavy atom. The minimum atomic E-state index is 0. The Morgan fingerprint density at radius 3 is 2.69 bits per heavy atom. The lowest BCUT2D eigenvalue weighted by Crippen LogP contribution is -2.49. The highest BCUT2D eigenvalue weighted by atomic mass is 127. The number of guanidine groups is 1. The van der Waals surface area contributed by atoms with Crippen molar-refractivity contribution in [3.05, 3.63) is 18.7 Å². The first-order valence-corrected chi connectivity index (χ1v) is 10.2. The molecule has 0 spiro atoms. The molecule has 0 aromatic carbocycles. The van der Waals surface area contributed by atoms with E-state index < -0.39 is 0 Å². The fraction of sp³-hybridized carbons (Fsp3) is 0.800. The maximum atomic E-state index is 4.62. The van der Waals surface area contributed by atoms with Crippen LogP contribution >= 0.6 is 24.0 Å². The topological polar surface area (TPSA) is 45.5 Å². The van der Waals surface area contributed by atoms with Crippen molar-refractivity contribution >= 4 is 29.9 Å². The van der Waals surface area contributed by atoms with Crippen LogP contribution in [0.1, 0.15) is 57.9 Å². The number of nitrogens with zero attached hydrogens (tertiary/aromatic N) is 4. The molecule has 2 heterocycles. The zero-order valence-corrected chi connectivity index (χ0v) is 18.5. The molecule has 2 aliphatic carbocycles. The molecule has 1 saturated heterocycles. The number of piperidine rings is 1. The molecule has 6 heteroatoms. The summed E-state index contributed by atoms with van der Waals surface area (Å²) < 4.78 is 2.27. The van der Waals surface area contributed by atoms with Gasteiger partial charge >= 0.3 is 0 Å². The first kappa shape index (κ1) is 20.0. The Morgan fingerprint density at radius 1 is 1.19 bits per heavy atom. The molecular weight excluding hydrogens is 437 g/mol. The highest BCUT2D eigenvalue weighted by molar-refractivity contribution is 14.0. The molecule has 0 amide bonds. The molecular formula is C20H34IN5. The standard InChI is InChI=1S/C20H33N5.HI/c1-15-8-10-24(13-19(15)25-11-9-22-14-25)20(21-2)23-18-12-17(18)16-6-4-3-5-7-16;/h9,11,14-19H,3-8,10,12-13H2,1-2H3,(H,21,23);1H. The lowest BCUT2D eigenvalue weighted by Gasteiger charge is -2.39. The van der Waals surface area contributed by atoms with Gasteiger partial charge in [0.2, 0.25) is 0 Å². The lowest BCUT2D eigenvalue weighted by atomic mass is 9.85. The molecule has 1 aromatic heterocycles. The number of likely N-dealkylation sites (tertiary alicyclic amines) is 1. The maximum absolute atomic E-state index is 4.62. The van der Waals surface area contributed by atoms with E-state index >= 15 is 0 Å². The van der Waals surface area contributed by atoms with Gasteiger partial charge in [-0.3, -0.25) is 4.99 Å². The molecule has 0 bridgehead atoms. The monoisotopic (exact) mass is 471 g/mol. The molecule has 3 aliphatic rings. The van der Waals surface area contributed by atoms with Crippen molar-refractivity contribution in [2.75, 3.05) is 20.1 Å². The second-order valence-corrected chi connectivity index (χ2v) is 8.38. The largest absolute Gasteiger partial charge is 0.353 e. The van der Waals surface area contributed by atoms with Gasteiger partial charge in [-0.15, -0.1) is 24.0 Å². The lowest BCUT2D eigenvalue weighted by molar-refractivity contribution is 0.188. The van der Waals surface area contributed by atoms with Crippen LogP contribution in [0.2, 0.25) is 0 Å². The summed E-state index contributed by atoms with van der Waals surface area (Å²) in [5.41, 5.74) is 0. The van der Waals surface area contributed by atoms with Crippen LogP contribution in [0.15, 0.2) is 23.7 Å². The number of hydrogen-bond donors (Lipinski definition) is 1. The third-order valence-electron chi connectivity index (χ3n) is 6.75. The van der Waals surface area contributed by atoms with Gasteiger partial charge in [0, 0.05) is 38.6 Å². The van der Waals surface area contributed by atoms with Crippen LogP contribution in [0.3, 0.4) is 0 Å². The Hall–Kier alpha value is -0.790. The van der Waals surface area contributed by atoms with Crippen LogP contribution < -0.4 is 5.32 Å². The number of halogens is 1. The zero-order valence-electron chi connectivity index (χ0n) is 16.2. The molecule has 5 nitrogen and oxygen atoms in total. The van der Waals surface area contributed by atoms with E-state index in [-0.39, 0.29) is 24.0 Å². The number of imidazole rings is 1. The number of hydrogen-bond acceptors (Lipinski definition) is 2. The van der Waals surface area contributed by atoms with Gasteiger partial charge < -0.3 is 14.8 Å². The van der Waals surface area contributed by atoms with Gasteiger partial charge in [-0.1, -0.05) is 39.0 Å². The van der Waals surface area contributed by atoms with E-state index in [1.54, 1.807) is 0 Å². The van der Waals surface area contributed by atoms with Crippen LogP contribution in [0.5, 0.6) is 0 Å². The number of aromatic nitrogens is 2. The summed E-state index contributed by atoms with van der Waals surface area (Å²) in [5, 5.41) is 3.79. The van der Waals surface area contributed by atoms with Gasteiger partial charge in [0.15, 0.2) is 5.96 Å². The van der Waals surface area contributed by atoms with Crippen molar-refractivity contribution in [2.45, 2.75) is 64.0 Å². The van der Waals surface area contributed by atoms with Gasteiger partial charge in [-0.05, 0) is 30.6 Å². The molecule has 1 N–H and O–H groups in total. The predicted molar refractivity (Wildman–Crippen MR) is 117 cm³/mol. The molecule has 146 valence electrons. The van der Waals surface area contributed by atoms with Crippen LogP contribution in [0.25, 0.3) is 0 Å². The van der Waals surface area contributed by atoms with Crippen LogP contribution in [-0.2, 0) is 0 Å². The molecule has 0 radical (unpaired) electrons. The second-order valence-electron chi connectivity index (χ2n) is 8.38. The fourth-order valence-electron chi connectivity index (χ4n) is 5.02. The number of aliphatic imine (C=N–C) groups is 1. The molecule has 3 fully saturated rings. The van der Waals surface area contributed by atoms with Crippen molar-refractivity contribution < 1.29 is 0 Å². The molecule has 1 aliphatic heterocycles. The summed E-state index contributed by atoms with van der Waals surface area (Å²) >= 11 is 0. The predicted octanol–water partition coefficient (Wildman–Crippen LogP) is 3.93. The second kappa shape index (κ2) is 8.93. The van der Waals surface area contributed by atoms with E-state index in [2.05, 4.69) is 37.9 Å². The van der Waals surface area contributed by atoms with Gasteiger partial charge in [0.1, 0.15) is 0 Å². The van der Waals surface area contributed by atoms with Gasteiger partial charge in [0.05, 0.1) is 12.4 Å². The van der Waals surface area contributed by atoms with E-state index in [1.165, 1.54) is 44.9 Å². The third-order valence-corrected chi connectivity index (χ3v) is 6.75. The normalized spacial score (nSPS) is 32.8. The molecule has 2 saturated carbocycles. The van der Waals surface area contributed by atoms with Crippen LogP contribution in [0.4, 0.5) is 0 Å². The van der Waals surface area contributed by atoms with E-state index in [1.807, 2.05) is 19.6 Å². The van der Waals surface area contributed by atoms with E-state index in [0.29, 0.717) is 18.0 Å². The van der Waals surface area contributed by atoms with Crippen molar-refractivity contribution in [2.24, 2.45) is 22.7 Å². The fourth-order valence-corrected chi connectivity index (χ4v) is 5.02. The average Bonchev–Trinajstić information content (AvgIpc) is 3.21. The maximum Gasteiger partial charge on any atom is 0.193 e. The molecule has 4 rings (SSSR count). The molecule has 26 heavy (non-hydrogen) atoms. The third kappa shape index (κ3) is 4.37. The van der Waals surface area contributed by atoms with Crippen molar-refractivity contribution in [1.29, 1.82) is 0 Å². The first-order chi connectivity index (χ1) is 12.3. The first-order valence-electron chi connectivity index (χ1n) is 10.2. The van der Waals surface area contributed by atoms with Crippen molar-refractivity contribution in [1.82, 2.24) is 19.8 Å². The summed E-state index contributed by atoms with van der Waals surface area (Å²) in [7, 11) is 1.94. The Labute approximate surface area is 175 Å². The Bertz CT molecular complexity index is 581. The van der Waals surface area contributed by atoms with Gasteiger partial charge in [-0.2, -0.15) is 0 Å². The van der Waals surface area contributed by atoms with E-state index in [4.69, 9.17) is 0 Å². The summed E-state index contributed by atoms with van der Waals surface area (Å²) in [6.07, 6.45) is 15.7. The smallest absolute Gasteiger partial charge is 0.193 e. The SMILES string of the molecule is CN=C(NC1CC1C1CCCCC1)N1CCC(C)C(n2ccnc2)C1.I. The summed E-state index contributed by atoms with van der Waals surface area (Å²) in [6.45, 7) is 4.49. The highest BCUT2D eigenvalue weighted by Crippen LogP contribution is 2.44. The van der Waals surface area contributed by atoms with Crippen molar-refractivity contribution in [3.8, 4) is 0 Å². The van der Waals surface area contributed by atoms with Gasteiger partial charge in [-0.25, -0.2) is 4.98 Å².